The van der Waals surface area contributed by atoms with E-state index in [4.69, 9.17) is 0 Å². The van der Waals surface area contributed by atoms with E-state index in [0.29, 0.717) is 11.5 Å². The van der Waals surface area contributed by atoms with Crippen LogP contribution >= 0.6 is 9.24 Å². The van der Waals surface area contributed by atoms with Gasteiger partial charge in [-0.1, -0.05) is 67.0 Å². The van der Waals surface area contributed by atoms with Gasteiger partial charge in [-0.2, -0.15) is 0 Å². The van der Waals surface area contributed by atoms with E-state index in [1.807, 2.05) is 12.1 Å². The number of hydrogen-bond acceptors (Lipinski definition) is 2. The molecule has 1 atom stereocenters. The van der Waals surface area contributed by atoms with Crippen molar-refractivity contribution in [2.24, 2.45) is 0 Å². The van der Waals surface area contributed by atoms with Crippen LogP contribution in [0.4, 0.5) is 0 Å². The first-order chi connectivity index (χ1) is 13.1. The van der Waals surface area contributed by atoms with Gasteiger partial charge in [-0.3, -0.25) is 0 Å². The molecule has 29 heavy (non-hydrogen) atoms. The summed E-state index contributed by atoms with van der Waals surface area (Å²) in [5, 5.41) is 21.0. The summed E-state index contributed by atoms with van der Waals surface area (Å²) in [6.45, 7) is 19.2. The molecule has 0 spiro atoms. The highest BCUT2D eigenvalue weighted by Gasteiger charge is 2.35. The van der Waals surface area contributed by atoms with Crippen molar-refractivity contribution in [1.82, 2.24) is 0 Å². The molecule has 2 nitrogen and oxygen atoms in total. The molecule has 0 aliphatic carbocycles. The van der Waals surface area contributed by atoms with Gasteiger partial charge in [-0.05, 0) is 76.6 Å². The maximum Gasteiger partial charge on any atom is 0.119 e. The maximum absolute atomic E-state index is 10.6. The molecule has 0 aromatic heterocycles. The standard InChI is InChI=1S/C26H39O2P/c1-10-11-26(29,18-14-20(24(4,5)6)22(27)12-16(18)2)19-15-21(25(7,8)9)23(28)13-17(19)3/h12-15,27-28H,10-11,29H2,1-9H3. The number of phenolic OH excluding ortho intramolecular Hbond substituents is 2. The van der Waals surface area contributed by atoms with E-state index in [1.54, 1.807) is 0 Å². The van der Waals surface area contributed by atoms with Crippen LogP contribution in [0.25, 0.3) is 0 Å². The summed E-state index contributed by atoms with van der Waals surface area (Å²) < 4.78 is 0. The van der Waals surface area contributed by atoms with Crippen LogP contribution in [-0.4, -0.2) is 10.2 Å². The summed E-state index contributed by atoms with van der Waals surface area (Å²) in [5.41, 5.74) is 6.26. The van der Waals surface area contributed by atoms with Crippen molar-refractivity contribution in [2.45, 2.75) is 91.1 Å². The number of benzene rings is 2. The van der Waals surface area contributed by atoms with Crippen molar-refractivity contribution in [1.29, 1.82) is 0 Å². The minimum absolute atomic E-state index is 0.148. The molecule has 2 rings (SSSR count). The fourth-order valence-corrected chi connectivity index (χ4v) is 5.27. The van der Waals surface area contributed by atoms with E-state index in [-0.39, 0.29) is 16.0 Å². The highest BCUT2D eigenvalue weighted by atomic mass is 31.0. The molecule has 0 saturated carbocycles. The Kier molecular flexibility index (Phi) is 6.51. The molecule has 3 heteroatoms. The SMILES string of the molecule is CCCC(P)(c1cc(C(C)(C)C)c(O)cc1C)c1cc(C(C)(C)C)c(O)cc1C. The monoisotopic (exact) mass is 414 g/mol. The van der Waals surface area contributed by atoms with Gasteiger partial charge in [-0.15, -0.1) is 9.24 Å². The average molecular weight is 415 g/mol. The summed E-state index contributed by atoms with van der Waals surface area (Å²) in [5.74, 6) is 0.723. The number of aryl methyl sites for hydroxylation is 2. The average Bonchev–Trinajstić information content (AvgIpc) is 2.52. The molecule has 2 aromatic carbocycles. The lowest BCUT2D eigenvalue weighted by Crippen LogP contribution is -2.25. The molecule has 2 N–H and O–H groups in total. The summed E-state index contributed by atoms with van der Waals surface area (Å²) in [7, 11) is 3.13. The first-order valence-electron chi connectivity index (χ1n) is 10.6. The van der Waals surface area contributed by atoms with Gasteiger partial charge in [0, 0.05) is 5.16 Å². The number of rotatable bonds is 4. The summed E-state index contributed by atoms with van der Waals surface area (Å²) in [6.07, 6.45) is 1.99. The van der Waals surface area contributed by atoms with E-state index in [2.05, 4.69) is 83.7 Å². The minimum atomic E-state index is -0.287. The second kappa shape index (κ2) is 7.95. The van der Waals surface area contributed by atoms with Gasteiger partial charge in [0.05, 0.1) is 0 Å². The summed E-state index contributed by atoms with van der Waals surface area (Å²) in [6, 6.07) is 8.20. The van der Waals surface area contributed by atoms with Crippen molar-refractivity contribution in [2.75, 3.05) is 0 Å². The fraction of sp³-hybridized carbons (Fsp3) is 0.538. The zero-order chi connectivity index (χ0) is 22.4. The van der Waals surface area contributed by atoms with Gasteiger partial charge in [0.25, 0.3) is 0 Å². The molecular formula is C26H39O2P. The van der Waals surface area contributed by atoms with E-state index in [0.717, 1.165) is 35.1 Å². The summed E-state index contributed by atoms with van der Waals surface area (Å²) >= 11 is 0. The number of aromatic hydroxyl groups is 2. The zero-order valence-corrected chi connectivity index (χ0v) is 20.9. The third kappa shape index (κ3) is 4.64. The molecule has 0 aliphatic rings. The van der Waals surface area contributed by atoms with Crippen LogP contribution in [-0.2, 0) is 16.0 Å². The van der Waals surface area contributed by atoms with Crippen LogP contribution in [0, 0.1) is 13.8 Å². The Morgan fingerprint density at radius 1 is 0.690 bits per heavy atom. The Hall–Kier alpha value is -1.53. The summed E-state index contributed by atoms with van der Waals surface area (Å²) in [4.78, 5) is 0. The highest BCUT2D eigenvalue weighted by molar-refractivity contribution is 7.19. The third-order valence-electron chi connectivity index (χ3n) is 5.91. The molecule has 0 fully saturated rings. The first-order valence-corrected chi connectivity index (χ1v) is 11.2. The normalized spacial score (nSPS) is 13.0. The Labute approximate surface area is 180 Å². The van der Waals surface area contributed by atoms with E-state index in [9.17, 15) is 10.2 Å². The van der Waals surface area contributed by atoms with Gasteiger partial charge < -0.3 is 10.2 Å². The second-order valence-corrected chi connectivity index (χ2v) is 11.6. The zero-order valence-electron chi connectivity index (χ0n) is 19.7. The van der Waals surface area contributed by atoms with Crippen LogP contribution in [0.1, 0.15) is 94.7 Å². The smallest absolute Gasteiger partial charge is 0.119 e. The molecular weight excluding hydrogens is 375 g/mol. The topological polar surface area (TPSA) is 40.5 Å². The number of hydrogen-bond donors (Lipinski definition) is 2. The van der Waals surface area contributed by atoms with Gasteiger partial charge in [0.1, 0.15) is 11.5 Å². The van der Waals surface area contributed by atoms with Crippen LogP contribution in [0.2, 0.25) is 0 Å². The molecule has 2 aromatic rings. The molecule has 0 heterocycles. The van der Waals surface area contributed by atoms with E-state index >= 15 is 0 Å². The van der Waals surface area contributed by atoms with Crippen LogP contribution in [0.5, 0.6) is 11.5 Å². The molecule has 0 radical (unpaired) electrons. The molecule has 1 unspecified atom stereocenters. The number of phenols is 2. The van der Waals surface area contributed by atoms with Crippen LogP contribution in [0.15, 0.2) is 24.3 Å². The lowest BCUT2D eigenvalue weighted by atomic mass is 9.76. The minimum Gasteiger partial charge on any atom is -0.508 e. The first kappa shape index (κ1) is 23.7. The van der Waals surface area contributed by atoms with E-state index < -0.39 is 0 Å². The van der Waals surface area contributed by atoms with Gasteiger partial charge in [0.2, 0.25) is 0 Å². The molecule has 0 amide bonds. The quantitative estimate of drug-likeness (QED) is 0.518. The fourth-order valence-electron chi connectivity index (χ4n) is 4.36. The lowest BCUT2D eigenvalue weighted by Gasteiger charge is -2.36. The van der Waals surface area contributed by atoms with E-state index in [1.165, 1.54) is 11.1 Å². The molecule has 0 aliphatic heterocycles. The van der Waals surface area contributed by atoms with Crippen molar-refractivity contribution in [3.8, 4) is 11.5 Å². The largest absolute Gasteiger partial charge is 0.508 e. The van der Waals surface area contributed by atoms with Gasteiger partial charge in [0.15, 0.2) is 0 Å². The Morgan fingerprint density at radius 3 is 1.31 bits per heavy atom. The lowest BCUT2D eigenvalue weighted by molar-refractivity contribution is 0.444. The molecule has 0 saturated heterocycles. The maximum atomic E-state index is 10.6. The third-order valence-corrected chi connectivity index (χ3v) is 6.82. The van der Waals surface area contributed by atoms with Crippen molar-refractivity contribution < 1.29 is 10.2 Å². The van der Waals surface area contributed by atoms with Gasteiger partial charge >= 0.3 is 0 Å². The Balaban J connectivity index is 2.87. The predicted octanol–water partition coefficient (Wildman–Crippen LogP) is 7.23. The Morgan fingerprint density at radius 2 is 1.03 bits per heavy atom. The van der Waals surface area contributed by atoms with Gasteiger partial charge in [-0.25, -0.2) is 0 Å². The van der Waals surface area contributed by atoms with Crippen molar-refractivity contribution >= 4 is 9.24 Å². The second-order valence-electron chi connectivity index (χ2n) is 10.6. The van der Waals surface area contributed by atoms with Crippen LogP contribution < -0.4 is 0 Å². The van der Waals surface area contributed by atoms with Crippen LogP contribution in [0.3, 0.4) is 0 Å². The van der Waals surface area contributed by atoms with Crippen molar-refractivity contribution in [3.63, 3.8) is 0 Å². The predicted molar refractivity (Wildman–Crippen MR) is 128 cm³/mol. The van der Waals surface area contributed by atoms with Crippen molar-refractivity contribution in [3.05, 3.63) is 57.6 Å². The highest BCUT2D eigenvalue weighted by Crippen LogP contribution is 2.49. The molecule has 0 bridgehead atoms. The molecule has 160 valence electrons. The Bertz CT molecular complexity index is 829.